The minimum absolute atomic E-state index is 0.0385. The molecule has 124 valence electrons. The van der Waals surface area contributed by atoms with Crippen LogP contribution in [-0.2, 0) is 4.74 Å². The fraction of sp³-hybridized carbons (Fsp3) is 0.467. The van der Waals surface area contributed by atoms with Gasteiger partial charge in [-0.1, -0.05) is 0 Å². The molecule has 1 aromatic rings. The number of nitrogens with one attached hydrogen (secondary N) is 2. The van der Waals surface area contributed by atoms with Crippen LogP contribution in [0, 0.1) is 0 Å². The molecule has 7 nitrogen and oxygen atoms in total. The predicted molar refractivity (Wildman–Crippen MR) is 86.9 cm³/mol. The Morgan fingerprint density at radius 3 is 2.87 bits per heavy atom. The molecule has 0 fully saturated rings. The van der Waals surface area contributed by atoms with E-state index in [1.807, 2.05) is 6.92 Å². The lowest BCUT2D eigenvalue weighted by Gasteiger charge is -2.11. The summed E-state index contributed by atoms with van der Waals surface area (Å²) < 4.78 is 5.25. The molecule has 2 rings (SSSR count). The first kappa shape index (κ1) is 17.4. The number of Topliss-reactive ketones (excluding diaryl/α,β-unsaturated/α-hetero) is 1. The number of unbranched alkanes of at least 4 members (excludes halogenated alkanes) is 1. The summed E-state index contributed by atoms with van der Waals surface area (Å²) in [6.07, 6.45) is 3.09. The van der Waals surface area contributed by atoms with Crippen molar-refractivity contribution in [3.05, 3.63) is 27.9 Å². The largest absolute Gasteiger partial charge is 0.382 e. The Balaban J connectivity index is 2.04. The van der Waals surface area contributed by atoms with E-state index in [-0.39, 0.29) is 28.5 Å². The number of ether oxygens (including phenoxy) is 1. The summed E-state index contributed by atoms with van der Waals surface area (Å²) in [6, 6.07) is 0. The summed E-state index contributed by atoms with van der Waals surface area (Å²) in [4.78, 5) is 36.7. The van der Waals surface area contributed by atoms with Crippen LogP contribution < -0.4 is 5.32 Å². The molecule has 1 aliphatic rings. The Labute approximate surface area is 138 Å². The number of nitrogens with zero attached hydrogens (tertiary/aromatic N) is 1. The van der Waals surface area contributed by atoms with E-state index in [9.17, 15) is 14.4 Å². The van der Waals surface area contributed by atoms with Gasteiger partial charge in [-0.2, -0.15) is 5.10 Å². The third-order valence-corrected chi connectivity index (χ3v) is 4.42. The lowest BCUT2D eigenvalue weighted by molar-refractivity contribution is 0.0945. The van der Waals surface area contributed by atoms with Crippen molar-refractivity contribution < 1.29 is 19.1 Å². The van der Waals surface area contributed by atoms with Crippen LogP contribution >= 0.6 is 11.8 Å². The van der Waals surface area contributed by atoms with Gasteiger partial charge in [-0.3, -0.25) is 19.5 Å². The van der Waals surface area contributed by atoms with E-state index < -0.39 is 5.91 Å². The standard InChI is InChI=1S/C15H19N3O4S/c1-3-22-6-4-5-7-23-10-8-9(19)12-11(14(10)20)13(18-17-12)15(21)16-2/h8H,3-7H2,1-2H3,(H,16,21)(H,17,18). The normalized spacial score (nSPS) is 13.7. The number of hydrogen-bond donors (Lipinski definition) is 2. The first-order valence-corrected chi connectivity index (χ1v) is 8.40. The zero-order valence-electron chi connectivity index (χ0n) is 13.1. The van der Waals surface area contributed by atoms with Crippen LogP contribution in [-0.4, -0.2) is 53.7 Å². The number of carbonyl (C=O) groups excluding carboxylic acids is 3. The molecule has 1 aliphatic carbocycles. The second-order valence-corrected chi connectivity index (χ2v) is 5.99. The van der Waals surface area contributed by atoms with Crippen molar-refractivity contribution in [2.45, 2.75) is 19.8 Å². The molecule has 0 saturated heterocycles. The monoisotopic (exact) mass is 337 g/mol. The molecule has 1 heterocycles. The van der Waals surface area contributed by atoms with Gasteiger partial charge in [-0.25, -0.2) is 0 Å². The fourth-order valence-corrected chi connectivity index (χ4v) is 3.14. The second-order valence-electron chi connectivity index (χ2n) is 4.86. The Bertz CT molecular complexity index is 651. The van der Waals surface area contributed by atoms with Gasteiger partial charge in [0.2, 0.25) is 11.6 Å². The summed E-state index contributed by atoms with van der Waals surface area (Å²) in [7, 11) is 1.45. The van der Waals surface area contributed by atoms with Crippen molar-refractivity contribution in [1.82, 2.24) is 15.5 Å². The zero-order chi connectivity index (χ0) is 16.8. The Hall–Kier alpha value is -1.93. The van der Waals surface area contributed by atoms with Gasteiger partial charge >= 0.3 is 0 Å². The molecule has 0 aliphatic heterocycles. The maximum absolute atomic E-state index is 12.5. The lowest BCUT2D eigenvalue weighted by Crippen LogP contribution is -2.23. The van der Waals surface area contributed by atoms with Crippen LogP contribution in [0.2, 0.25) is 0 Å². The van der Waals surface area contributed by atoms with Crippen molar-refractivity contribution in [2.75, 3.05) is 26.0 Å². The number of amides is 1. The number of fused-ring (bicyclic) bond motifs is 1. The number of thioether (sulfide) groups is 1. The smallest absolute Gasteiger partial charge is 0.272 e. The first-order chi connectivity index (χ1) is 11.1. The van der Waals surface area contributed by atoms with Gasteiger partial charge < -0.3 is 10.1 Å². The third-order valence-electron chi connectivity index (χ3n) is 3.31. The summed E-state index contributed by atoms with van der Waals surface area (Å²) >= 11 is 1.32. The number of allylic oxidation sites excluding steroid dienone is 2. The number of aromatic nitrogens is 2. The van der Waals surface area contributed by atoms with E-state index in [0.717, 1.165) is 12.8 Å². The Kier molecular flexibility index (Phi) is 6.12. The van der Waals surface area contributed by atoms with Gasteiger partial charge in [0, 0.05) is 26.3 Å². The number of aromatic amines is 1. The van der Waals surface area contributed by atoms with E-state index in [0.29, 0.717) is 23.9 Å². The molecule has 0 aromatic carbocycles. The summed E-state index contributed by atoms with van der Waals surface area (Å²) in [5.74, 6) is -0.451. The van der Waals surface area contributed by atoms with Crippen LogP contribution in [0.1, 0.15) is 51.1 Å². The summed E-state index contributed by atoms with van der Waals surface area (Å²) in [6.45, 7) is 3.32. The molecule has 8 heteroatoms. The number of hydrogen-bond acceptors (Lipinski definition) is 6. The van der Waals surface area contributed by atoms with E-state index in [1.54, 1.807) is 0 Å². The predicted octanol–water partition coefficient (Wildman–Crippen LogP) is 1.58. The molecule has 0 saturated carbocycles. The van der Waals surface area contributed by atoms with E-state index in [1.165, 1.54) is 24.9 Å². The van der Waals surface area contributed by atoms with E-state index >= 15 is 0 Å². The molecule has 0 atom stereocenters. The second kappa shape index (κ2) is 8.07. The third kappa shape index (κ3) is 3.89. The summed E-state index contributed by atoms with van der Waals surface area (Å²) in [5, 5.41) is 8.69. The highest BCUT2D eigenvalue weighted by atomic mass is 32.2. The van der Waals surface area contributed by atoms with Gasteiger partial charge in [-0.15, -0.1) is 11.8 Å². The first-order valence-electron chi connectivity index (χ1n) is 7.41. The lowest BCUT2D eigenvalue weighted by atomic mass is 9.99. The molecule has 0 bridgehead atoms. The number of carbonyl (C=O) groups is 3. The van der Waals surface area contributed by atoms with Crippen molar-refractivity contribution in [3.63, 3.8) is 0 Å². The molecule has 0 spiro atoms. The highest BCUT2D eigenvalue weighted by molar-refractivity contribution is 8.04. The molecule has 2 N–H and O–H groups in total. The highest BCUT2D eigenvalue weighted by Crippen LogP contribution is 2.29. The average Bonchev–Trinajstić information content (AvgIpc) is 3.00. The molecule has 23 heavy (non-hydrogen) atoms. The molecule has 1 amide bonds. The van der Waals surface area contributed by atoms with Crippen molar-refractivity contribution in [2.24, 2.45) is 0 Å². The molecule has 0 unspecified atom stereocenters. The Morgan fingerprint density at radius 1 is 1.39 bits per heavy atom. The summed E-state index contributed by atoms with van der Waals surface area (Å²) in [5.41, 5.74) is 0.103. The SMILES string of the molecule is CCOCCCCSC1=CC(=O)c2[nH]nc(C(=O)NC)c2C1=O. The van der Waals surface area contributed by atoms with Crippen molar-refractivity contribution >= 4 is 29.2 Å². The Morgan fingerprint density at radius 2 is 2.17 bits per heavy atom. The molecule has 0 radical (unpaired) electrons. The topological polar surface area (TPSA) is 101 Å². The number of ketones is 2. The minimum Gasteiger partial charge on any atom is -0.382 e. The van der Waals surface area contributed by atoms with Crippen molar-refractivity contribution in [3.8, 4) is 0 Å². The zero-order valence-corrected chi connectivity index (χ0v) is 13.9. The maximum atomic E-state index is 12.5. The van der Waals surface area contributed by atoms with E-state index in [4.69, 9.17) is 4.74 Å². The maximum Gasteiger partial charge on any atom is 0.272 e. The van der Waals surface area contributed by atoms with Crippen LogP contribution in [0.5, 0.6) is 0 Å². The van der Waals surface area contributed by atoms with Gasteiger partial charge in [0.05, 0.1) is 10.5 Å². The average molecular weight is 337 g/mol. The molecule has 1 aromatic heterocycles. The van der Waals surface area contributed by atoms with Gasteiger partial charge in [0.15, 0.2) is 5.69 Å². The van der Waals surface area contributed by atoms with Gasteiger partial charge in [-0.05, 0) is 25.5 Å². The number of H-pyrrole nitrogens is 1. The van der Waals surface area contributed by atoms with Crippen LogP contribution in [0.4, 0.5) is 0 Å². The highest BCUT2D eigenvalue weighted by Gasteiger charge is 2.33. The molecular formula is C15H19N3O4S. The van der Waals surface area contributed by atoms with E-state index in [2.05, 4.69) is 15.5 Å². The number of rotatable bonds is 8. The fourth-order valence-electron chi connectivity index (χ4n) is 2.14. The van der Waals surface area contributed by atoms with Crippen molar-refractivity contribution in [1.29, 1.82) is 0 Å². The van der Waals surface area contributed by atoms with Crippen LogP contribution in [0.25, 0.3) is 0 Å². The molecular weight excluding hydrogens is 318 g/mol. The van der Waals surface area contributed by atoms with Crippen LogP contribution in [0.3, 0.4) is 0 Å². The van der Waals surface area contributed by atoms with Gasteiger partial charge in [0.1, 0.15) is 5.69 Å². The minimum atomic E-state index is -0.494. The quantitative estimate of drug-likeness (QED) is 0.699. The van der Waals surface area contributed by atoms with Crippen LogP contribution in [0.15, 0.2) is 11.0 Å². The van der Waals surface area contributed by atoms with Gasteiger partial charge in [0.25, 0.3) is 5.91 Å².